The minimum Gasteiger partial charge on any atom is -0.384 e. The van der Waals surface area contributed by atoms with Crippen LogP contribution in [0.15, 0.2) is 6.20 Å². The van der Waals surface area contributed by atoms with Crippen LogP contribution in [0.5, 0.6) is 0 Å². The first-order valence-corrected chi connectivity index (χ1v) is 4.90. The molecule has 0 radical (unpaired) electrons. The van der Waals surface area contributed by atoms with Gasteiger partial charge in [-0.15, -0.1) is 5.10 Å². The summed E-state index contributed by atoms with van der Waals surface area (Å²) in [4.78, 5) is 0. The second-order valence-corrected chi connectivity index (χ2v) is 3.66. The maximum absolute atomic E-state index is 9.73. The van der Waals surface area contributed by atoms with E-state index in [2.05, 4.69) is 10.3 Å². The lowest BCUT2D eigenvalue weighted by molar-refractivity contribution is 0.0555. The Bertz CT molecular complexity index is 296. The molecule has 1 atom stereocenters. The van der Waals surface area contributed by atoms with Crippen LogP contribution in [0.1, 0.15) is 37.1 Å². The van der Waals surface area contributed by atoms with Gasteiger partial charge in [-0.2, -0.15) is 0 Å². The third-order valence-electron chi connectivity index (χ3n) is 2.69. The Balaban J connectivity index is 2.11. The topological polar surface area (TPSA) is 60.2 Å². The molecule has 5 heteroatoms. The van der Waals surface area contributed by atoms with Crippen LogP contribution in [0.25, 0.3) is 0 Å². The summed E-state index contributed by atoms with van der Waals surface area (Å²) in [6.07, 6.45) is 4.51. The van der Waals surface area contributed by atoms with Gasteiger partial charge in [0.15, 0.2) is 0 Å². The molecular formula is C9H15N3O2. The molecule has 1 aromatic rings. The molecule has 1 aliphatic carbocycles. The van der Waals surface area contributed by atoms with E-state index in [4.69, 9.17) is 4.74 Å². The van der Waals surface area contributed by atoms with E-state index in [1.54, 1.807) is 13.3 Å². The zero-order valence-electron chi connectivity index (χ0n) is 8.26. The molecule has 1 fully saturated rings. The molecule has 2 rings (SSSR count). The number of aliphatic hydroxyl groups is 1. The fraction of sp³-hybridized carbons (Fsp3) is 0.778. The van der Waals surface area contributed by atoms with Crippen LogP contribution in [0.4, 0.5) is 0 Å². The number of aromatic nitrogens is 3. The summed E-state index contributed by atoms with van der Waals surface area (Å²) >= 11 is 0. The summed E-state index contributed by atoms with van der Waals surface area (Å²) in [5.41, 5.74) is 0.761. The van der Waals surface area contributed by atoms with Crippen LogP contribution in [0, 0.1) is 0 Å². The van der Waals surface area contributed by atoms with E-state index in [1.165, 1.54) is 6.42 Å². The first-order valence-electron chi connectivity index (χ1n) is 4.90. The fourth-order valence-corrected chi connectivity index (χ4v) is 1.65. The molecule has 1 aliphatic rings. The van der Waals surface area contributed by atoms with E-state index < -0.39 is 6.10 Å². The average molecular weight is 197 g/mol. The van der Waals surface area contributed by atoms with Crippen molar-refractivity contribution >= 4 is 0 Å². The molecular weight excluding hydrogens is 182 g/mol. The van der Waals surface area contributed by atoms with Gasteiger partial charge in [0.25, 0.3) is 0 Å². The van der Waals surface area contributed by atoms with Gasteiger partial charge in [-0.25, -0.2) is 4.68 Å². The number of rotatable bonds is 4. The van der Waals surface area contributed by atoms with Crippen LogP contribution in [-0.4, -0.2) is 33.8 Å². The zero-order chi connectivity index (χ0) is 9.97. The standard InChI is InChI=1S/C9H15N3O2/c1-14-6-9(13)8-5-10-11-12(8)7-3-2-4-7/h5,7,9,13H,2-4,6H2,1H3/t9-/m0/s1. The summed E-state index contributed by atoms with van der Waals surface area (Å²) < 4.78 is 6.72. The lowest BCUT2D eigenvalue weighted by Gasteiger charge is -2.27. The molecule has 14 heavy (non-hydrogen) atoms. The van der Waals surface area contributed by atoms with Crippen LogP contribution in [0.3, 0.4) is 0 Å². The summed E-state index contributed by atoms with van der Waals surface area (Å²) in [6, 6.07) is 0.430. The maximum Gasteiger partial charge on any atom is 0.120 e. The van der Waals surface area contributed by atoms with Crippen molar-refractivity contribution in [3.05, 3.63) is 11.9 Å². The second-order valence-electron chi connectivity index (χ2n) is 3.66. The smallest absolute Gasteiger partial charge is 0.120 e. The quantitative estimate of drug-likeness (QED) is 0.771. The van der Waals surface area contributed by atoms with E-state index >= 15 is 0 Å². The van der Waals surface area contributed by atoms with Gasteiger partial charge in [0.05, 0.1) is 24.5 Å². The number of methoxy groups -OCH3 is 1. The largest absolute Gasteiger partial charge is 0.384 e. The average Bonchev–Trinajstić information content (AvgIpc) is 2.50. The fourth-order valence-electron chi connectivity index (χ4n) is 1.65. The Morgan fingerprint density at radius 3 is 3.07 bits per heavy atom. The molecule has 0 bridgehead atoms. The molecule has 1 aromatic heterocycles. The third kappa shape index (κ3) is 1.65. The van der Waals surface area contributed by atoms with Gasteiger partial charge in [-0.05, 0) is 19.3 Å². The van der Waals surface area contributed by atoms with Crippen LogP contribution in [0.2, 0.25) is 0 Å². The number of ether oxygens (including phenoxy) is 1. The lowest BCUT2D eigenvalue weighted by atomic mass is 9.93. The van der Waals surface area contributed by atoms with Crippen LogP contribution < -0.4 is 0 Å². The molecule has 0 spiro atoms. The zero-order valence-corrected chi connectivity index (χ0v) is 8.26. The number of hydrogen-bond acceptors (Lipinski definition) is 4. The van der Waals surface area contributed by atoms with Gasteiger partial charge in [-0.1, -0.05) is 5.21 Å². The molecule has 0 aliphatic heterocycles. The highest BCUT2D eigenvalue weighted by Crippen LogP contribution is 2.32. The first-order chi connectivity index (χ1) is 6.83. The SMILES string of the molecule is COC[C@H](O)c1cnnn1C1CCC1. The van der Waals surface area contributed by atoms with Gasteiger partial charge in [-0.3, -0.25) is 0 Å². The predicted molar refractivity (Wildman–Crippen MR) is 49.7 cm³/mol. The van der Waals surface area contributed by atoms with Crippen molar-refractivity contribution in [2.45, 2.75) is 31.4 Å². The third-order valence-corrected chi connectivity index (χ3v) is 2.69. The molecule has 0 amide bonds. The van der Waals surface area contributed by atoms with Gasteiger partial charge in [0, 0.05) is 7.11 Å². The maximum atomic E-state index is 9.73. The molecule has 1 N–H and O–H groups in total. The van der Waals surface area contributed by atoms with Crippen LogP contribution >= 0.6 is 0 Å². The molecule has 5 nitrogen and oxygen atoms in total. The number of aliphatic hydroxyl groups excluding tert-OH is 1. The van der Waals surface area contributed by atoms with E-state index in [9.17, 15) is 5.11 Å². The molecule has 1 saturated carbocycles. The Labute approximate surface area is 82.7 Å². The minimum absolute atomic E-state index is 0.292. The summed E-state index contributed by atoms with van der Waals surface area (Å²) in [5.74, 6) is 0. The van der Waals surface area contributed by atoms with Crippen molar-refractivity contribution in [2.24, 2.45) is 0 Å². The highest BCUT2D eigenvalue weighted by molar-refractivity contribution is 5.01. The second kappa shape index (κ2) is 4.06. The van der Waals surface area contributed by atoms with Crippen molar-refractivity contribution in [3.63, 3.8) is 0 Å². The van der Waals surface area contributed by atoms with E-state index in [0.717, 1.165) is 18.5 Å². The molecule has 0 unspecified atom stereocenters. The van der Waals surface area contributed by atoms with Crippen LogP contribution in [-0.2, 0) is 4.74 Å². The van der Waals surface area contributed by atoms with E-state index in [1.807, 2.05) is 4.68 Å². The van der Waals surface area contributed by atoms with Gasteiger partial charge in [0.1, 0.15) is 6.10 Å². The number of nitrogens with zero attached hydrogens (tertiary/aromatic N) is 3. The van der Waals surface area contributed by atoms with Crippen molar-refractivity contribution in [2.75, 3.05) is 13.7 Å². The van der Waals surface area contributed by atoms with Crippen molar-refractivity contribution in [1.82, 2.24) is 15.0 Å². The van der Waals surface area contributed by atoms with E-state index in [0.29, 0.717) is 12.6 Å². The van der Waals surface area contributed by atoms with Crippen molar-refractivity contribution in [1.29, 1.82) is 0 Å². The summed E-state index contributed by atoms with van der Waals surface area (Å²) in [6.45, 7) is 0.292. The monoisotopic (exact) mass is 197 g/mol. The Morgan fingerprint density at radius 2 is 2.50 bits per heavy atom. The minimum atomic E-state index is -0.615. The van der Waals surface area contributed by atoms with Gasteiger partial charge >= 0.3 is 0 Å². The Hall–Kier alpha value is -0.940. The highest BCUT2D eigenvalue weighted by atomic mass is 16.5. The van der Waals surface area contributed by atoms with Crippen molar-refractivity contribution in [3.8, 4) is 0 Å². The highest BCUT2D eigenvalue weighted by Gasteiger charge is 2.25. The van der Waals surface area contributed by atoms with Crippen molar-refractivity contribution < 1.29 is 9.84 Å². The van der Waals surface area contributed by atoms with E-state index in [-0.39, 0.29) is 0 Å². The number of hydrogen-bond donors (Lipinski definition) is 1. The molecule has 78 valence electrons. The molecule has 0 aromatic carbocycles. The van der Waals surface area contributed by atoms with Gasteiger partial charge < -0.3 is 9.84 Å². The summed E-state index contributed by atoms with van der Waals surface area (Å²) in [5, 5.41) is 17.6. The summed E-state index contributed by atoms with van der Waals surface area (Å²) in [7, 11) is 1.57. The van der Waals surface area contributed by atoms with Gasteiger partial charge in [0.2, 0.25) is 0 Å². The lowest BCUT2D eigenvalue weighted by Crippen LogP contribution is -2.22. The predicted octanol–water partition coefficient (Wildman–Crippen LogP) is 0.683. The Kier molecular flexibility index (Phi) is 2.79. The molecule has 1 heterocycles. The first kappa shape index (κ1) is 9.61. The molecule has 0 saturated heterocycles. The normalized spacial score (nSPS) is 19.3. The Morgan fingerprint density at radius 1 is 1.71 bits per heavy atom.